The average molecular weight is 316 g/mol. The van der Waals surface area contributed by atoms with E-state index in [1.54, 1.807) is 18.4 Å². The lowest BCUT2D eigenvalue weighted by molar-refractivity contribution is -2.00. The van der Waals surface area contributed by atoms with Crippen molar-refractivity contribution in [2.75, 3.05) is 7.11 Å². The number of rotatable bonds is 1. The Morgan fingerprint density at radius 2 is 1.90 bits per heavy atom. The number of pyridine rings is 1. The lowest BCUT2D eigenvalue weighted by Gasteiger charge is -2.17. The van der Waals surface area contributed by atoms with Crippen LogP contribution in [-0.2, 0) is 0 Å². The summed E-state index contributed by atoms with van der Waals surface area (Å²) in [5.74, 6) is 0.934. The van der Waals surface area contributed by atoms with Crippen molar-refractivity contribution in [2.45, 2.75) is 0 Å². The molecule has 106 valence electrons. The molecule has 0 unspecified atom stereocenters. The van der Waals surface area contributed by atoms with Gasteiger partial charge in [-0.2, -0.15) is 4.40 Å². The molecule has 0 amide bonds. The van der Waals surface area contributed by atoms with Gasteiger partial charge < -0.3 is 4.74 Å². The van der Waals surface area contributed by atoms with Crippen LogP contribution < -0.4 is 27.8 Å². The Morgan fingerprint density at radius 1 is 1.20 bits per heavy atom. The Bertz CT molecular complexity index is 719. The number of aromatic nitrogens is 1. The lowest BCUT2D eigenvalue weighted by atomic mass is 10.1. The molecule has 0 saturated carbocycles. The van der Waals surface area contributed by atoms with Gasteiger partial charge in [0.25, 0.3) is 4.83 Å². The first-order valence-electron chi connectivity index (χ1n) is 5.35. The Morgan fingerprint density at radius 3 is 2.55 bits per heavy atom. The molecule has 0 aliphatic heterocycles. The van der Waals surface area contributed by atoms with Gasteiger partial charge in [-0.25, -0.2) is 18.6 Å². The number of ether oxygens (including phenoxy) is 1. The lowest BCUT2D eigenvalue weighted by Crippen LogP contribution is -2.68. The van der Waals surface area contributed by atoms with Crippen molar-refractivity contribution in [1.29, 1.82) is 0 Å². The molecule has 0 fully saturated rings. The van der Waals surface area contributed by atoms with Crippen molar-refractivity contribution in [1.82, 2.24) is 0 Å². The third kappa shape index (κ3) is 3.76. The van der Waals surface area contributed by atoms with Crippen LogP contribution in [0.15, 0.2) is 42.0 Å². The normalized spacial score (nSPS) is 11.2. The Kier molecular flexibility index (Phi) is 4.39. The van der Waals surface area contributed by atoms with Crippen LogP contribution in [-0.4, -0.2) is 7.11 Å². The number of hydrogen-bond donors (Lipinski definition) is 0. The van der Waals surface area contributed by atoms with Gasteiger partial charge in [-0.3, -0.25) is 0 Å². The predicted octanol–water partition coefficient (Wildman–Crippen LogP) is -2.11. The van der Waals surface area contributed by atoms with Crippen LogP contribution in [0.25, 0.3) is 15.6 Å². The molecule has 3 aromatic rings. The van der Waals surface area contributed by atoms with Crippen molar-refractivity contribution in [3.05, 3.63) is 42.0 Å². The fourth-order valence-electron chi connectivity index (χ4n) is 1.79. The van der Waals surface area contributed by atoms with E-state index in [1.807, 2.05) is 12.1 Å². The number of nitrogens with zero attached hydrogens (tertiary/aromatic N) is 1. The third-order valence-electron chi connectivity index (χ3n) is 2.53. The first kappa shape index (κ1) is 14.9. The van der Waals surface area contributed by atoms with Crippen LogP contribution in [0.4, 0.5) is 0 Å². The molecule has 0 atom stereocenters. The van der Waals surface area contributed by atoms with E-state index in [1.165, 1.54) is 15.6 Å². The zero-order valence-corrected chi connectivity index (χ0v) is 11.9. The second kappa shape index (κ2) is 5.88. The van der Waals surface area contributed by atoms with Gasteiger partial charge in [0.05, 0.1) is 17.9 Å². The van der Waals surface area contributed by atoms with Crippen LogP contribution in [0.2, 0.25) is 0 Å². The first-order chi connectivity index (χ1) is 9.38. The fraction of sp³-hybridized carbons (Fsp3) is 0.0833. The zero-order valence-electron chi connectivity index (χ0n) is 10.3. The van der Waals surface area contributed by atoms with Crippen molar-refractivity contribution < 1.29 is 38.0 Å². The predicted molar refractivity (Wildman–Crippen MR) is 61.5 cm³/mol. The highest BCUT2D eigenvalue weighted by molar-refractivity contribution is 7.15. The molecule has 0 aliphatic carbocycles. The van der Waals surface area contributed by atoms with E-state index in [0.717, 1.165) is 5.75 Å². The van der Waals surface area contributed by atoms with Crippen LogP contribution >= 0.6 is 11.3 Å². The summed E-state index contributed by atoms with van der Waals surface area (Å²) in [6.45, 7) is 0. The van der Waals surface area contributed by atoms with Gasteiger partial charge in [-0.1, -0.05) is 17.4 Å². The second-order valence-corrected chi connectivity index (χ2v) is 5.45. The summed E-state index contributed by atoms with van der Waals surface area (Å²) in [4.78, 5) is 1.23. The van der Waals surface area contributed by atoms with Crippen molar-refractivity contribution in [2.24, 2.45) is 0 Å². The molecular formula is C12H10ClNO5S. The number of methoxy groups -OCH3 is 1. The first-order valence-corrected chi connectivity index (χ1v) is 7.47. The molecule has 0 N–H and O–H groups in total. The van der Waals surface area contributed by atoms with Crippen molar-refractivity contribution in [3.63, 3.8) is 0 Å². The quantitative estimate of drug-likeness (QED) is 0.478. The minimum atomic E-state index is -4.94. The SMILES string of the molecule is COc1cccc2c[n+]3ccsc3cc12.[O-][Cl+3]([O-])([O-])[O-]. The molecule has 0 aliphatic rings. The maximum Gasteiger partial charge on any atom is 0.267 e. The molecule has 2 aromatic heterocycles. The molecule has 3 rings (SSSR count). The van der Waals surface area contributed by atoms with E-state index in [4.69, 9.17) is 23.4 Å². The van der Waals surface area contributed by atoms with E-state index in [0.29, 0.717) is 0 Å². The van der Waals surface area contributed by atoms with Gasteiger partial charge in [0.2, 0.25) is 0 Å². The Balaban J connectivity index is 0.000000257. The number of thiazole rings is 1. The largest absolute Gasteiger partial charge is 0.496 e. The standard InChI is InChI=1S/C12H10NOS.ClHO4/c1-14-11-4-2-3-9-8-13-5-6-15-12(13)7-10(9)11;2-1(3,4)5/h2-8H,1H3;(H,2,3,4,5)/q+1;/p-1. The highest BCUT2D eigenvalue weighted by Crippen LogP contribution is 2.25. The van der Waals surface area contributed by atoms with Crippen LogP contribution in [0.5, 0.6) is 5.75 Å². The topological polar surface area (TPSA) is 106 Å². The summed E-state index contributed by atoms with van der Waals surface area (Å²) >= 11 is 1.73. The minimum Gasteiger partial charge on any atom is -0.496 e. The molecular weight excluding hydrogens is 306 g/mol. The van der Waals surface area contributed by atoms with Gasteiger partial charge in [0.1, 0.15) is 5.75 Å². The van der Waals surface area contributed by atoms with E-state index < -0.39 is 10.2 Å². The molecule has 1 aromatic carbocycles. The van der Waals surface area contributed by atoms with Crippen molar-refractivity contribution >= 4 is 26.9 Å². The van der Waals surface area contributed by atoms with E-state index in [-0.39, 0.29) is 0 Å². The van der Waals surface area contributed by atoms with Gasteiger partial charge in [0.15, 0.2) is 12.4 Å². The molecule has 6 nitrogen and oxygen atoms in total. The minimum absolute atomic E-state index is 0.934. The maximum absolute atomic E-state index is 8.49. The van der Waals surface area contributed by atoms with E-state index in [2.05, 4.69) is 34.3 Å². The molecule has 0 saturated heterocycles. The van der Waals surface area contributed by atoms with Crippen LogP contribution in [0, 0.1) is 10.2 Å². The number of benzene rings is 1. The maximum atomic E-state index is 8.49. The van der Waals surface area contributed by atoms with Crippen LogP contribution in [0.1, 0.15) is 0 Å². The van der Waals surface area contributed by atoms with Gasteiger partial charge in [-0.05, 0) is 12.1 Å². The number of halogens is 1. The highest BCUT2D eigenvalue weighted by Gasteiger charge is 2.09. The third-order valence-corrected chi connectivity index (χ3v) is 3.36. The molecule has 20 heavy (non-hydrogen) atoms. The molecule has 0 radical (unpaired) electrons. The van der Waals surface area contributed by atoms with Gasteiger partial charge in [0, 0.05) is 11.5 Å². The molecule has 0 bridgehead atoms. The molecule has 2 heterocycles. The highest BCUT2D eigenvalue weighted by atomic mass is 35.7. The van der Waals surface area contributed by atoms with Crippen molar-refractivity contribution in [3.8, 4) is 5.75 Å². The van der Waals surface area contributed by atoms with Gasteiger partial charge in [-0.15, -0.1) is 10.2 Å². The zero-order chi connectivity index (χ0) is 14.8. The number of fused-ring (bicyclic) bond motifs is 2. The van der Waals surface area contributed by atoms with E-state index in [9.17, 15) is 0 Å². The summed E-state index contributed by atoms with van der Waals surface area (Å²) in [6.07, 6.45) is 4.20. The second-order valence-electron chi connectivity index (χ2n) is 3.76. The Labute approximate surface area is 120 Å². The Hall–Kier alpha value is -1.48. The summed E-state index contributed by atoms with van der Waals surface area (Å²) < 4.78 is 41.5. The van der Waals surface area contributed by atoms with Gasteiger partial charge >= 0.3 is 0 Å². The molecule has 0 spiro atoms. The summed E-state index contributed by atoms with van der Waals surface area (Å²) in [6, 6.07) is 8.27. The van der Waals surface area contributed by atoms with E-state index >= 15 is 0 Å². The fourth-order valence-corrected chi connectivity index (χ4v) is 2.55. The molecule has 8 heteroatoms. The van der Waals surface area contributed by atoms with Crippen LogP contribution in [0.3, 0.4) is 0 Å². The average Bonchev–Trinajstić information content (AvgIpc) is 2.80. The summed E-state index contributed by atoms with van der Waals surface area (Å²) in [7, 11) is -3.24. The monoisotopic (exact) mass is 315 g/mol. The summed E-state index contributed by atoms with van der Waals surface area (Å²) in [5.41, 5.74) is 0. The number of hydrogen-bond acceptors (Lipinski definition) is 6. The summed E-state index contributed by atoms with van der Waals surface area (Å²) in [5, 5.41) is 4.45. The smallest absolute Gasteiger partial charge is 0.267 e.